The van der Waals surface area contributed by atoms with E-state index in [1.54, 1.807) is 0 Å². The third-order valence-electron chi connectivity index (χ3n) is 9.03. The monoisotopic (exact) mass is 745 g/mol. The molecule has 4 N–H and O–H groups in total. The molecule has 0 heterocycles. The second-order valence-electron chi connectivity index (χ2n) is 14.1. The van der Waals surface area contributed by atoms with E-state index >= 15 is 0 Å². The highest BCUT2D eigenvalue weighted by Crippen LogP contribution is 2.15. The molecule has 0 fully saturated rings. The molecule has 0 spiro atoms. The van der Waals surface area contributed by atoms with Crippen molar-refractivity contribution in [1.82, 2.24) is 10.6 Å². The third kappa shape index (κ3) is 35.6. The van der Waals surface area contributed by atoms with Crippen molar-refractivity contribution in [3.63, 3.8) is 0 Å². The Balaban J connectivity index is 4.33. The van der Waals surface area contributed by atoms with E-state index in [2.05, 4.69) is 73.1 Å². The molecule has 2 amide bonds. The first-order chi connectivity index (χ1) is 25.8. The first-order valence-electron chi connectivity index (χ1n) is 21.0. The Morgan fingerprint density at radius 3 is 1.66 bits per heavy atom. The summed E-state index contributed by atoms with van der Waals surface area (Å²) in [6.45, 7) is 3.42. The number of aliphatic carboxylic acids is 1. The van der Waals surface area contributed by atoms with E-state index in [1.807, 2.05) is 0 Å². The second kappa shape index (κ2) is 38.5. The van der Waals surface area contributed by atoms with Crippen LogP contribution in [0.25, 0.3) is 0 Å². The molecular weight excluding hydrogens is 668 g/mol. The smallest absolute Gasteiger partial charge is 0.328 e. The molecule has 0 aromatic carbocycles. The maximum absolute atomic E-state index is 12.7. The number of unbranched alkanes of at least 4 members (excludes halogenated alkanes) is 17. The summed E-state index contributed by atoms with van der Waals surface area (Å²) in [5, 5.41) is 22.5. The van der Waals surface area contributed by atoms with Crippen LogP contribution in [0.5, 0.6) is 0 Å². The molecule has 9 heteroatoms. The van der Waals surface area contributed by atoms with Crippen molar-refractivity contribution >= 4 is 23.8 Å². The zero-order valence-electron chi connectivity index (χ0n) is 33.5. The van der Waals surface area contributed by atoms with Gasteiger partial charge in [-0.25, -0.2) is 4.79 Å². The number of aliphatic hydroxyl groups excluding tert-OH is 1. The summed E-state index contributed by atoms with van der Waals surface area (Å²) in [5.41, 5.74) is 0. The number of rotatable bonds is 37. The zero-order chi connectivity index (χ0) is 39.0. The van der Waals surface area contributed by atoms with E-state index in [4.69, 9.17) is 14.9 Å². The molecule has 0 aromatic heterocycles. The number of carbonyl (C=O) groups excluding carboxylic acids is 3. The first-order valence-corrected chi connectivity index (χ1v) is 21.0. The van der Waals surface area contributed by atoms with Gasteiger partial charge in [-0.15, -0.1) is 0 Å². The Morgan fingerprint density at radius 1 is 0.585 bits per heavy atom. The summed E-state index contributed by atoms with van der Waals surface area (Å²) in [5.74, 6) is -2.37. The summed E-state index contributed by atoms with van der Waals surface area (Å²) >= 11 is 0. The van der Waals surface area contributed by atoms with E-state index < -0.39 is 24.5 Å². The van der Waals surface area contributed by atoms with Crippen LogP contribution in [0, 0.1) is 0 Å². The van der Waals surface area contributed by atoms with Crippen molar-refractivity contribution in [3.8, 4) is 0 Å². The highest BCUT2D eigenvalue weighted by molar-refractivity contribution is 5.87. The Morgan fingerprint density at radius 2 is 1.08 bits per heavy atom. The van der Waals surface area contributed by atoms with Gasteiger partial charge in [0.2, 0.25) is 11.8 Å². The number of carboxylic acid groups (broad SMARTS) is 1. The fraction of sp³-hybridized carbons (Fsp3) is 0.727. The van der Waals surface area contributed by atoms with Gasteiger partial charge in [0.1, 0.15) is 12.1 Å². The molecule has 0 aliphatic carbocycles. The molecule has 0 saturated heterocycles. The van der Waals surface area contributed by atoms with Gasteiger partial charge in [0.15, 0.2) is 0 Å². The van der Waals surface area contributed by atoms with Crippen LogP contribution < -0.4 is 10.6 Å². The fourth-order valence-corrected chi connectivity index (χ4v) is 5.75. The van der Waals surface area contributed by atoms with Crippen molar-refractivity contribution in [1.29, 1.82) is 0 Å². The molecule has 0 aromatic rings. The minimum Gasteiger partial charge on any atom is -0.480 e. The van der Waals surface area contributed by atoms with Crippen LogP contribution in [0.15, 0.2) is 48.6 Å². The molecule has 0 aliphatic heterocycles. The molecule has 0 radical (unpaired) electrons. The summed E-state index contributed by atoms with van der Waals surface area (Å²) in [6, 6.07) is -1.38. The minimum absolute atomic E-state index is 0.109. The van der Waals surface area contributed by atoms with Crippen molar-refractivity contribution in [3.05, 3.63) is 48.6 Å². The lowest BCUT2D eigenvalue weighted by Crippen LogP contribution is -2.47. The minimum atomic E-state index is -1.38. The lowest BCUT2D eigenvalue weighted by Gasteiger charge is -2.15. The number of aliphatic hydroxyl groups is 1. The summed E-state index contributed by atoms with van der Waals surface area (Å²) in [4.78, 5) is 47.4. The lowest BCUT2D eigenvalue weighted by atomic mass is 10.1. The Bertz CT molecular complexity index is 1040. The van der Waals surface area contributed by atoms with Crippen molar-refractivity contribution in [2.75, 3.05) is 13.2 Å². The molecular formula is C44H76N2O7. The number of allylic oxidation sites excluding steroid dienone is 7. The van der Waals surface area contributed by atoms with E-state index in [9.17, 15) is 19.2 Å². The van der Waals surface area contributed by atoms with Gasteiger partial charge in [-0.05, 0) is 83.1 Å². The first kappa shape index (κ1) is 49.8. The quantitative estimate of drug-likeness (QED) is 0.0282. The normalized spacial score (nSPS) is 13.0. The molecule has 2 unspecified atom stereocenters. The predicted octanol–water partition coefficient (Wildman–Crippen LogP) is 9.98. The maximum Gasteiger partial charge on any atom is 0.328 e. The number of esters is 1. The van der Waals surface area contributed by atoms with Crippen LogP contribution in [0.2, 0.25) is 0 Å². The van der Waals surface area contributed by atoms with Gasteiger partial charge in [0, 0.05) is 12.8 Å². The zero-order valence-corrected chi connectivity index (χ0v) is 33.5. The topological polar surface area (TPSA) is 142 Å². The molecule has 9 nitrogen and oxygen atoms in total. The number of amides is 2. The average molecular weight is 745 g/mol. The fourth-order valence-electron chi connectivity index (χ4n) is 5.75. The van der Waals surface area contributed by atoms with Crippen LogP contribution in [0.1, 0.15) is 181 Å². The Kier molecular flexibility index (Phi) is 36.2. The highest BCUT2D eigenvalue weighted by Gasteiger charge is 2.18. The van der Waals surface area contributed by atoms with Gasteiger partial charge >= 0.3 is 11.9 Å². The van der Waals surface area contributed by atoms with Crippen LogP contribution in [-0.2, 0) is 23.9 Å². The summed E-state index contributed by atoms with van der Waals surface area (Å²) in [6.07, 6.45) is 44.4. The van der Waals surface area contributed by atoms with E-state index in [1.165, 1.54) is 64.2 Å². The van der Waals surface area contributed by atoms with E-state index in [0.29, 0.717) is 19.3 Å². The molecule has 0 rings (SSSR count). The van der Waals surface area contributed by atoms with Crippen LogP contribution >= 0.6 is 0 Å². The predicted molar refractivity (Wildman–Crippen MR) is 217 cm³/mol. The Hall–Kier alpha value is -3.20. The number of hydrogen-bond donors (Lipinski definition) is 4. The molecule has 0 saturated carbocycles. The Labute approximate surface area is 322 Å². The van der Waals surface area contributed by atoms with E-state index in [0.717, 1.165) is 83.5 Å². The second-order valence-corrected chi connectivity index (χ2v) is 14.1. The maximum atomic E-state index is 12.7. The molecule has 2 atom stereocenters. The third-order valence-corrected chi connectivity index (χ3v) is 9.03. The SMILES string of the molecule is CCCCC/C=C\C/C=C\CCCCCCCC(=O)OC(/C=C\C/C=C\CCCCCC)CCCCCCCCC(=O)NCC(=O)NC(CO)C(=O)O. The van der Waals surface area contributed by atoms with Gasteiger partial charge in [0.25, 0.3) is 0 Å². The van der Waals surface area contributed by atoms with Gasteiger partial charge < -0.3 is 25.6 Å². The van der Waals surface area contributed by atoms with Crippen molar-refractivity contribution in [2.24, 2.45) is 0 Å². The molecule has 0 bridgehead atoms. The molecule has 53 heavy (non-hydrogen) atoms. The standard InChI is InChI=1S/C44H76N2O7/c1-3-5-7-9-11-13-14-15-16-17-18-20-22-28-32-36-43(50)53-39(33-29-25-21-19-12-10-8-6-4-2)34-30-26-23-24-27-31-35-41(48)45-37-42(49)46-40(38-47)44(51)52/h11,13,15-16,19,21,29,33,39-40,47H,3-10,12,14,17-18,20,22-28,30-32,34-38H2,1-2H3,(H,45,48)(H,46,49)(H,51,52)/b13-11-,16-15-,21-19-,33-29-. The number of carbonyl (C=O) groups is 4. The van der Waals surface area contributed by atoms with Crippen LogP contribution in [0.4, 0.5) is 0 Å². The van der Waals surface area contributed by atoms with Gasteiger partial charge in [-0.1, -0.05) is 133 Å². The highest BCUT2D eigenvalue weighted by atomic mass is 16.5. The van der Waals surface area contributed by atoms with Gasteiger partial charge in [-0.2, -0.15) is 0 Å². The summed E-state index contributed by atoms with van der Waals surface area (Å²) < 4.78 is 5.91. The number of hydrogen-bond acceptors (Lipinski definition) is 6. The molecule has 304 valence electrons. The van der Waals surface area contributed by atoms with Gasteiger partial charge in [-0.3, -0.25) is 14.4 Å². The van der Waals surface area contributed by atoms with Gasteiger partial charge in [0.05, 0.1) is 13.2 Å². The van der Waals surface area contributed by atoms with Crippen LogP contribution in [0.3, 0.4) is 0 Å². The lowest BCUT2D eigenvalue weighted by molar-refractivity contribution is -0.147. The van der Waals surface area contributed by atoms with Crippen LogP contribution in [-0.4, -0.2) is 59.3 Å². The average Bonchev–Trinajstić information content (AvgIpc) is 3.14. The van der Waals surface area contributed by atoms with Crippen molar-refractivity contribution < 1.29 is 34.1 Å². The van der Waals surface area contributed by atoms with Crippen molar-refractivity contribution in [2.45, 2.75) is 193 Å². The largest absolute Gasteiger partial charge is 0.480 e. The molecule has 0 aliphatic rings. The number of nitrogens with one attached hydrogen (secondary N) is 2. The number of ether oxygens (including phenoxy) is 1. The summed E-state index contributed by atoms with van der Waals surface area (Å²) in [7, 11) is 0. The van der Waals surface area contributed by atoms with E-state index in [-0.39, 0.29) is 24.5 Å². The number of carboxylic acids is 1.